The minimum Gasteiger partial charge on any atom is -0.370 e. The van der Waals surface area contributed by atoms with Crippen LogP contribution in [0.5, 0.6) is 0 Å². The van der Waals surface area contributed by atoms with Crippen LogP contribution in [0.25, 0.3) is 15.9 Å². The number of hydrogen-bond donors (Lipinski definition) is 2. The van der Waals surface area contributed by atoms with Crippen LogP contribution in [0.2, 0.25) is 0 Å². The van der Waals surface area contributed by atoms with E-state index in [9.17, 15) is 4.79 Å². The first kappa shape index (κ1) is 19.8. The molecule has 0 spiro atoms. The molecule has 1 aliphatic heterocycles. The van der Waals surface area contributed by atoms with E-state index >= 15 is 0 Å². The number of carbonyl (C=O) groups excluding carboxylic acids is 1. The van der Waals surface area contributed by atoms with Crippen molar-refractivity contribution in [1.29, 1.82) is 0 Å². The molecule has 1 aliphatic carbocycles. The highest BCUT2D eigenvalue weighted by Crippen LogP contribution is 2.38. The zero-order chi connectivity index (χ0) is 20.7. The smallest absolute Gasteiger partial charge is 0.290 e. The van der Waals surface area contributed by atoms with Gasteiger partial charge in [0.15, 0.2) is 5.65 Å². The van der Waals surface area contributed by atoms with Gasteiger partial charge in [-0.05, 0) is 37.7 Å². The number of morpholine rings is 1. The summed E-state index contributed by atoms with van der Waals surface area (Å²) in [7, 11) is 0. The van der Waals surface area contributed by atoms with Crippen LogP contribution in [-0.2, 0) is 17.6 Å². The van der Waals surface area contributed by atoms with E-state index in [4.69, 9.17) is 9.72 Å². The van der Waals surface area contributed by atoms with E-state index in [1.165, 1.54) is 16.9 Å². The van der Waals surface area contributed by atoms with Gasteiger partial charge in [-0.25, -0.2) is 9.97 Å². The van der Waals surface area contributed by atoms with Crippen molar-refractivity contribution >= 4 is 33.1 Å². The maximum atomic E-state index is 12.7. The monoisotopic (exact) mass is 429 g/mol. The SMILES string of the molecule is Cc1nc2sc3c(c2c2nc(C(=O)NCCC[NH+]4CCOCC4)nn12)C[C@@H](C)CC3. The number of aromatic nitrogens is 4. The third-order valence-electron chi connectivity index (χ3n) is 6.29. The van der Waals surface area contributed by atoms with Crippen molar-refractivity contribution in [3.8, 4) is 0 Å². The summed E-state index contributed by atoms with van der Waals surface area (Å²) in [6.07, 6.45) is 4.32. The highest BCUT2D eigenvalue weighted by Gasteiger charge is 2.25. The predicted molar refractivity (Wildman–Crippen MR) is 115 cm³/mol. The lowest BCUT2D eigenvalue weighted by Gasteiger charge is -2.23. The predicted octanol–water partition coefficient (Wildman–Crippen LogP) is 0.807. The zero-order valence-electron chi connectivity index (χ0n) is 17.7. The van der Waals surface area contributed by atoms with Crippen LogP contribution in [0.3, 0.4) is 0 Å². The molecule has 1 saturated heterocycles. The Balaban J connectivity index is 1.35. The normalized spacial score (nSPS) is 20.0. The van der Waals surface area contributed by atoms with Crippen LogP contribution in [0.4, 0.5) is 0 Å². The Bertz CT molecular complexity index is 1080. The molecule has 3 aromatic heterocycles. The molecule has 2 aliphatic rings. The molecule has 0 bridgehead atoms. The maximum absolute atomic E-state index is 12.7. The van der Waals surface area contributed by atoms with Crippen molar-refractivity contribution in [3.05, 3.63) is 22.1 Å². The van der Waals surface area contributed by atoms with Crippen LogP contribution in [0.15, 0.2) is 0 Å². The largest absolute Gasteiger partial charge is 0.370 e. The molecular formula is C21H29N6O2S+. The van der Waals surface area contributed by atoms with E-state index in [-0.39, 0.29) is 11.7 Å². The van der Waals surface area contributed by atoms with E-state index in [1.54, 1.807) is 20.8 Å². The molecule has 4 heterocycles. The number of quaternary nitrogens is 1. The summed E-state index contributed by atoms with van der Waals surface area (Å²) in [6, 6.07) is 0. The number of hydrogen-bond acceptors (Lipinski definition) is 6. The van der Waals surface area contributed by atoms with Gasteiger partial charge in [-0.1, -0.05) is 6.92 Å². The molecule has 1 fully saturated rings. The molecular weight excluding hydrogens is 400 g/mol. The number of nitrogens with zero attached hydrogens (tertiary/aromatic N) is 4. The number of carbonyl (C=O) groups is 1. The van der Waals surface area contributed by atoms with Crippen LogP contribution in [-0.4, -0.2) is 64.9 Å². The molecule has 1 atom stereocenters. The Morgan fingerprint density at radius 3 is 3.00 bits per heavy atom. The first-order valence-corrected chi connectivity index (χ1v) is 11.8. The molecule has 0 saturated carbocycles. The lowest BCUT2D eigenvalue weighted by atomic mass is 9.89. The quantitative estimate of drug-likeness (QED) is 0.586. The minimum absolute atomic E-state index is 0.208. The number of rotatable bonds is 5. The van der Waals surface area contributed by atoms with Gasteiger partial charge < -0.3 is 15.0 Å². The molecule has 160 valence electrons. The first-order valence-electron chi connectivity index (χ1n) is 11.0. The van der Waals surface area contributed by atoms with Crippen molar-refractivity contribution in [2.45, 2.75) is 39.5 Å². The highest BCUT2D eigenvalue weighted by atomic mass is 32.1. The second-order valence-corrected chi connectivity index (χ2v) is 9.67. The summed E-state index contributed by atoms with van der Waals surface area (Å²) >= 11 is 1.77. The van der Waals surface area contributed by atoms with Gasteiger partial charge in [0.1, 0.15) is 23.7 Å². The van der Waals surface area contributed by atoms with E-state index in [0.29, 0.717) is 12.5 Å². The molecule has 1 amide bonds. The third-order valence-corrected chi connectivity index (χ3v) is 7.47. The number of thiophene rings is 1. The molecule has 0 radical (unpaired) electrons. The van der Waals surface area contributed by atoms with Crippen molar-refractivity contribution in [1.82, 2.24) is 24.9 Å². The van der Waals surface area contributed by atoms with Gasteiger partial charge in [-0.3, -0.25) is 4.79 Å². The molecule has 0 aromatic carbocycles. The zero-order valence-corrected chi connectivity index (χ0v) is 18.5. The maximum Gasteiger partial charge on any atom is 0.290 e. The Hall–Kier alpha value is -2.10. The van der Waals surface area contributed by atoms with Crippen LogP contribution in [0, 0.1) is 12.8 Å². The Labute approximate surface area is 179 Å². The molecule has 8 nitrogen and oxygen atoms in total. The second-order valence-electron chi connectivity index (χ2n) is 8.58. The van der Waals surface area contributed by atoms with E-state index in [2.05, 4.69) is 22.3 Å². The summed E-state index contributed by atoms with van der Waals surface area (Å²) in [6.45, 7) is 9.67. The van der Waals surface area contributed by atoms with Gasteiger partial charge >= 0.3 is 0 Å². The summed E-state index contributed by atoms with van der Waals surface area (Å²) in [4.78, 5) is 26.1. The number of aryl methyl sites for hydroxylation is 2. The van der Waals surface area contributed by atoms with Crippen molar-refractivity contribution < 1.29 is 14.4 Å². The molecule has 2 N–H and O–H groups in total. The fraction of sp³-hybridized carbons (Fsp3) is 0.619. The Kier molecular flexibility index (Phi) is 5.43. The highest BCUT2D eigenvalue weighted by molar-refractivity contribution is 7.19. The van der Waals surface area contributed by atoms with Gasteiger partial charge in [0.2, 0.25) is 5.82 Å². The molecule has 3 aromatic rings. The lowest BCUT2D eigenvalue weighted by Crippen LogP contribution is -3.14. The molecule has 30 heavy (non-hydrogen) atoms. The Morgan fingerprint density at radius 2 is 2.17 bits per heavy atom. The second kappa shape index (κ2) is 8.20. The standard InChI is InChI=1S/C21H28N6O2S/c1-13-4-5-16-15(12-13)17-19-24-18(25-27(19)14(2)23-21(17)30-16)20(28)22-6-3-7-26-8-10-29-11-9-26/h13H,3-12H2,1-2H3,(H,22,28)/p+1/t13-/m0/s1. The van der Waals surface area contributed by atoms with Crippen molar-refractivity contribution in [2.75, 3.05) is 39.4 Å². The third kappa shape index (κ3) is 3.70. The molecule has 5 rings (SSSR count). The van der Waals surface area contributed by atoms with Crippen molar-refractivity contribution in [3.63, 3.8) is 0 Å². The lowest BCUT2D eigenvalue weighted by molar-refractivity contribution is -0.908. The van der Waals surface area contributed by atoms with E-state index in [1.807, 2.05) is 6.92 Å². The number of nitrogens with one attached hydrogen (secondary N) is 2. The topological polar surface area (TPSA) is 85.8 Å². The number of fused-ring (bicyclic) bond motifs is 5. The Morgan fingerprint density at radius 1 is 1.33 bits per heavy atom. The number of amides is 1. The molecule has 0 unspecified atom stereocenters. The van der Waals surface area contributed by atoms with Crippen LogP contribution in [0.1, 0.15) is 46.6 Å². The van der Waals surface area contributed by atoms with Crippen LogP contribution < -0.4 is 10.2 Å². The van der Waals surface area contributed by atoms with Crippen molar-refractivity contribution in [2.24, 2.45) is 5.92 Å². The van der Waals surface area contributed by atoms with E-state index < -0.39 is 0 Å². The minimum atomic E-state index is -0.208. The summed E-state index contributed by atoms with van der Waals surface area (Å²) in [5.41, 5.74) is 2.13. The average Bonchev–Trinajstić information content (AvgIpc) is 3.33. The van der Waals surface area contributed by atoms with Gasteiger partial charge in [0.05, 0.1) is 25.1 Å². The first-order chi connectivity index (χ1) is 14.6. The van der Waals surface area contributed by atoms with Gasteiger partial charge in [0, 0.05) is 17.8 Å². The fourth-order valence-electron chi connectivity index (χ4n) is 4.57. The van der Waals surface area contributed by atoms with E-state index in [0.717, 1.165) is 73.8 Å². The summed E-state index contributed by atoms with van der Waals surface area (Å²) in [5, 5.41) is 8.58. The van der Waals surface area contributed by atoms with Gasteiger partial charge in [-0.2, -0.15) is 4.52 Å². The number of ether oxygens (including phenoxy) is 1. The fourth-order valence-corrected chi connectivity index (χ4v) is 5.83. The van der Waals surface area contributed by atoms with Gasteiger partial charge in [-0.15, -0.1) is 16.4 Å². The molecule has 9 heteroatoms. The average molecular weight is 430 g/mol. The summed E-state index contributed by atoms with van der Waals surface area (Å²) in [5.74, 6) is 1.46. The van der Waals surface area contributed by atoms with Gasteiger partial charge in [0.25, 0.3) is 5.91 Å². The van der Waals surface area contributed by atoms with Crippen LogP contribution >= 0.6 is 11.3 Å². The summed E-state index contributed by atoms with van der Waals surface area (Å²) < 4.78 is 7.13.